The van der Waals surface area contributed by atoms with E-state index in [-0.39, 0.29) is 12.5 Å². The summed E-state index contributed by atoms with van der Waals surface area (Å²) in [6, 6.07) is 9.57. The van der Waals surface area contributed by atoms with Gasteiger partial charge in [-0.25, -0.2) is 15.0 Å². The first-order valence-electron chi connectivity index (χ1n) is 8.06. The van der Waals surface area contributed by atoms with Crippen LogP contribution in [0.5, 0.6) is 0 Å². The van der Waals surface area contributed by atoms with Gasteiger partial charge in [0.15, 0.2) is 0 Å². The maximum atomic E-state index is 12.3. The van der Waals surface area contributed by atoms with E-state index in [2.05, 4.69) is 25.2 Å². The molecule has 1 N–H and O–H groups in total. The smallest absolute Gasteiger partial charge is 0.245 e. The Morgan fingerprint density at radius 3 is 2.83 bits per heavy atom. The number of imidazole rings is 1. The quantitative estimate of drug-likeness (QED) is 0.796. The lowest BCUT2D eigenvalue weighted by atomic mass is 10.3. The van der Waals surface area contributed by atoms with Crippen LogP contribution < -0.4 is 10.2 Å². The fourth-order valence-corrected chi connectivity index (χ4v) is 3.01. The summed E-state index contributed by atoms with van der Waals surface area (Å²) in [5.74, 6) is 1.26. The summed E-state index contributed by atoms with van der Waals surface area (Å²) in [6.45, 7) is 2.21. The number of hydrogen-bond donors (Lipinski definition) is 1. The molecule has 0 radical (unpaired) electrons. The third-order valence-electron chi connectivity index (χ3n) is 4.19. The van der Waals surface area contributed by atoms with E-state index in [1.165, 1.54) is 19.2 Å². The molecular weight excluding hydrogens is 304 g/mol. The highest BCUT2D eigenvalue weighted by Crippen LogP contribution is 2.19. The second-order valence-corrected chi connectivity index (χ2v) is 5.86. The van der Waals surface area contributed by atoms with E-state index in [1.807, 2.05) is 34.9 Å². The summed E-state index contributed by atoms with van der Waals surface area (Å²) in [7, 11) is 0. The number of para-hydroxylation sites is 2. The Bertz CT molecular complexity index is 868. The van der Waals surface area contributed by atoms with Crippen molar-refractivity contribution >= 4 is 28.6 Å². The highest BCUT2D eigenvalue weighted by atomic mass is 16.2. The molecule has 0 unspecified atom stereocenters. The highest BCUT2D eigenvalue weighted by molar-refractivity contribution is 5.91. The van der Waals surface area contributed by atoms with E-state index >= 15 is 0 Å². The molecule has 1 fully saturated rings. The third-order valence-corrected chi connectivity index (χ3v) is 4.19. The van der Waals surface area contributed by atoms with Crippen molar-refractivity contribution in [2.75, 3.05) is 23.3 Å². The molecule has 0 bridgehead atoms. The summed E-state index contributed by atoms with van der Waals surface area (Å²) in [5.41, 5.74) is 1.82. The molecule has 0 aliphatic carbocycles. The maximum absolute atomic E-state index is 12.3. The number of carbonyl (C=O) groups excluding carboxylic acids is 1. The molecule has 122 valence electrons. The molecule has 2 aromatic heterocycles. The van der Waals surface area contributed by atoms with Crippen molar-refractivity contribution in [1.82, 2.24) is 19.5 Å². The van der Waals surface area contributed by atoms with Crippen molar-refractivity contribution in [2.24, 2.45) is 0 Å². The Labute approximate surface area is 139 Å². The van der Waals surface area contributed by atoms with E-state index in [1.54, 1.807) is 6.33 Å². The molecule has 7 heteroatoms. The summed E-state index contributed by atoms with van der Waals surface area (Å²) in [5, 5.41) is 2.84. The van der Waals surface area contributed by atoms with Crippen molar-refractivity contribution in [3.05, 3.63) is 43.0 Å². The molecular formula is C17H18N6O. The molecule has 1 amide bonds. The van der Waals surface area contributed by atoms with Gasteiger partial charge in [-0.1, -0.05) is 12.1 Å². The van der Waals surface area contributed by atoms with Gasteiger partial charge in [-0.05, 0) is 25.0 Å². The average Bonchev–Trinajstić information content (AvgIpc) is 3.26. The number of carbonyl (C=O) groups is 1. The Hall–Kier alpha value is -2.96. The molecule has 0 atom stereocenters. The van der Waals surface area contributed by atoms with E-state index < -0.39 is 0 Å². The Balaban J connectivity index is 1.47. The van der Waals surface area contributed by atoms with Crippen LogP contribution in [0.2, 0.25) is 0 Å². The van der Waals surface area contributed by atoms with Crippen molar-refractivity contribution < 1.29 is 4.79 Å². The molecule has 0 spiro atoms. The van der Waals surface area contributed by atoms with Gasteiger partial charge in [0, 0.05) is 19.2 Å². The standard InChI is InChI=1S/C17H18N6O/c24-17(10-23-12-20-13-5-1-2-6-14(13)23)21-15-9-16(19-11-18-15)22-7-3-4-8-22/h1-2,5-6,9,11-12H,3-4,7-8,10H2,(H,18,19,21,24). The SMILES string of the molecule is O=C(Cn1cnc2ccccc21)Nc1cc(N2CCCC2)ncn1. The number of amides is 1. The van der Waals surface area contributed by atoms with Gasteiger partial charge in [-0.3, -0.25) is 4.79 Å². The van der Waals surface area contributed by atoms with Crippen LogP contribution in [0.4, 0.5) is 11.6 Å². The number of nitrogens with one attached hydrogen (secondary N) is 1. The first kappa shape index (κ1) is 14.6. The van der Waals surface area contributed by atoms with Crippen molar-refractivity contribution in [3.8, 4) is 0 Å². The van der Waals surface area contributed by atoms with E-state index in [9.17, 15) is 4.79 Å². The van der Waals surface area contributed by atoms with Crippen LogP contribution in [0.15, 0.2) is 43.0 Å². The number of anilines is 2. The fraction of sp³-hybridized carbons (Fsp3) is 0.294. The largest absolute Gasteiger partial charge is 0.356 e. The summed E-state index contributed by atoms with van der Waals surface area (Å²) in [4.78, 5) is 27.3. The van der Waals surface area contributed by atoms with Crippen LogP contribution in [0.25, 0.3) is 11.0 Å². The van der Waals surface area contributed by atoms with Gasteiger partial charge in [0.1, 0.15) is 24.5 Å². The minimum Gasteiger partial charge on any atom is -0.356 e. The molecule has 0 saturated carbocycles. The zero-order chi connectivity index (χ0) is 16.4. The van der Waals surface area contributed by atoms with Crippen LogP contribution >= 0.6 is 0 Å². The number of nitrogens with zero attached hydrogens (tertiary/aromatic N) is 5. The molecule has 7 nitrogen and oxygen atoms in total. The zero-order valence-corrected chi connectivity index (χ0v) is 13.2. The lowest BCUT2D eigenvalue weighted by Crippen LogP contribution is -2.21. The lowest BCUT2D eigenvalue weighted by Gasteiger charge is -2.16. The van der Waals surface area contributed by atoms with Gasteiger partial charge in [0.05, 0.1) is 17.4 Å². The lowest BCUT2D eigenvalue weighted by molar-refractivity contribution is -0.116. The predicted octanol–water partition coefficient (Wildman–Crippen LogP) is 2.07. The minimum atomic E-state index is -0.135. The maximum Gasteiger partial charge on any atom is 0.245 e. The number of hydrogen-bond acceptors (Lipinski definition) is 5. The summed E-state index contributed by atoms with van der Waals surface area (Å²) in [6.07, 6.45) is 5.54. The Morgan fingerprint density at radius 1 is 1.12 bits per heavy atom. The van der Waals surface area contributed by atoms with Crippen LogP contribution in [-0.4, -0.2) is 38.5 Å². The van der Waals surface area contributed by atoms with Gasteiger partial charge in [-0.15, -0.1) is 0 Å². The molecule has 1 aromatic carbocycles. The van der Waals surface area contributed by atoms with Crippen molar-refractivity contribution in [3.63, 3.8) is 0 Å². The molecule has 1 aliphatic heterocycles. The monoisotopic (exact) mass is 322 g/mol. The number of rotatable bonds is 4. The van der Waals surface area contributed by atoms with Crippen molar-refractivity contribution in [1.29, 1.82) is 0 Å². The van der Waals surface area contributed by atoms with Gasteiger partial charge in [0.25, 0.3) is 0 Å². The van der Waals surface area contributed by atoms with E-state index in [4.69, 9.17) is 0 Å². The third kappa shape index (κ3) is 2.92. The number of fused-ring (bicyclic) bond motifs is 1. The molecule has 3 aromatic rings. The van der Waals surface area contributed by atoms with Crippen LogP contribution in [0, 0.1) is 0 Å². The highest BCUT2D eigenvalue weighted by Gasteiger charge is 2.15. The van der Waals surface area contributed by atoms with Gasteiger partial charge in [-0.2, -0.15) is 0 Å². The van der Waals surface area contributed by atoms with Crippen LogP contribution in [0.1, 0.15) is 12.8 Å². The molecule has 3 heterocycles. The molecule has 4 rings (SSSR count). The minimum absolute atomic E-state index is 0.135. The Kier molecular flexibility index (Phi) is 3.82. The summed E-state index contributed by atoms with van der Waals surface area (Å²) >= 11 is 0. The normalized spacial score (nSPS) is 14.2. The van der Waals surface area contributed by atoms with E-state index in [0.717, 1.165) is 29.9 Å². The molecule has 1 saturated heterocycles. The van der Waals surface area contributed by atoms with Gasteiger partial charge in [0.2, 0.25) is 5.91 Å². The van der Waals surface area contributed by atoms with Crippen molar-refractivity contribution in [2.45, 2.75) is 19.4 Å². The predicted molar refractivity (Wildman–Crippen MR) is 91.8 cm³/mol. The van der Waals surface area contributed by atoms with Gasteiger partial charge < -0.3 is 14.8 Å². The second-order valence-electron chi connectivity index (χ2n) is 5.86. The average molecular weight is 322 g/mol. The van der Waals surface area contributed by atoms with Gasteiger partial charge >= 0.3 is 0 Å². The number of aromatic nitrogens is 4. The topological polar surface area (TPSA) is 75.9 Å². The zero-order valence-electron chi connectivity index (χ0n) is 13.2. The fourth-order valence-electron chi connectivity index (χ4n) is 3.01. The number of benzene rings is 1. The van der Waals surface area contributed by atoms with Crippen LogP contribution in [0.3, 0.4) is 0 Å². The first-order chi connectivity index (χ1) is 11.8. The summed E-state index contributed by atoms with van der Waals surface area (Å²) < 4.78 is 1.83. The Morgan fingerprint density at radius 2 is 1.96 bits per heavy atom. The van der Waals surface area contributed by atoms with E-state index in [0.29, 0.717) is 5.82 Å². The molecule has 1 aliphatic rings. The van der Waals surface area contributed by atoms with Crippen LogP contribution in [-0.2, 0) is 11.3 Å². The molecule has 24 heavy (non-hydrogen) atoms. The first-order valence-corrected chi connectivity index (χ1v) is 8.06. The second kappa shape index (κ2) is 6.27.